The van der Waals surface area contributed by atoms with Gasteiger partial charge in [0.25, 0.3) is 0 Å². The van der Waals surface area contributed by atoms with Crippen LogP contribution < -0.4 is 9.64 Å². The van der Waals surface area contributed by atoms with E-state index in [0.717, 1.165) is 38.4 Å². The van der Waals surface area contributed by atoms with Crippen molar-refractivity contribution in [1.82, 2.24) is 9.97 Å². The highest BCUT2D eigenvalue weighted by atomic mass is 16.5. The molecule has 2 fully saturated rings. The third kappa shape index (κ3) is 3.63. The summed E-state index contributed by atoms with van der Waals surface area (Å²) in [5.41, 5.74) is 0. The second-order valence-corrected chi connectivity index (χ2v) is 5.79. The Balaban J connectivity index is 1.67. The lowest BCUT2D eigenvalue weighted by Crippen LogP contribution is -2.48. The molecule has 2 aliphatic heterocycles. The Morgan fingerprint density at radius 1 is 1.24 bits per heavy atom. The number of morpholine rings is 1. The fourth-order valence-electron chi connectivity index (χ4n) is 2.79. The van der Waals surface area contributed by atoms with Gasteiger partial charge in [0.15, 0.2) is 5.82 Å². The molecule has 0 aromatic carbocycles. The van der Waals surface area contributed by atoms with E-state index < -0.39 is 0 Å². The average molecular weight is 293 g/mol. The molecule has 2 saturated heterocycles. The van der Waals surface area contributed by atoms with E-state index >= 15 is 0 Å². The van der Waals surface area contributed by atoms with E-state index in [1.165, 1.54) is 0 Å². The number of ether oxygens (including phenoxy) is 3. The summed E-state index contributed by atoms with van der Waals surface area (Å²) in [5, 5.41) is 0. The molecule has 0 N–H and O–H groups in total. The molecule has 2 atom stereocenters. The van der Waals surface area contributed by atoms with Gasteiger partial charge in [-0.3, -0.25) is 4.98 Å². The molecule has 2 unspecified atom stereocenters. The molecule has 1 aromatic rings. The van der Waals surface area contributed by atoms with Crippen molar-refractivity contribution < 1.29 is 14.2 Å². The van der Waals surface area contributed by atoms with Gasteiger partial charge in [-0.15, -0.1) is 0 Å². The summed E-state index contributed by atoms with van der Waals surface area (Å²) in [7, 11) is 0. The average Bonchev–Trinajstić information content (AvgIpc) is 3.01. The smallest absolute Gasteiger partial charge is 0.234 e. The summed E-state index contributed by atoms with van der Waals surface area (Å²) in [6.07, 6.45) is 6.09. The summed E-state index contributed by atoms with van der Waals surface area (Å²) in [5.74, 6) is 1.42. The third-order valence-corrected chi connectivity index (χ3v) is 3.75. The first-order valence-corrected chi connectivity index (χ1v) is 7.69. The molecule has 3 heterocycles. The molecule has 116 valence electrons. The first kappa shape index (κ1) is 14.5. The van der Waals surface area contributed by atoms with Crippen molar-refractivity contribution in [1.29, 1.82) is 0 Å². The van der Waals surface area contributed by atoms with Crippen LogP contribution in [0.2, 0.25) is 0 Å². The summed E-state index contributed by atoms with van der Waals surface area (Å²) < 4.78 is 17.2. The van der Waals surface area contributed by atoms with Gasteiger partial charge in [-0.1, -0.05) is 0 Å². The van der Waals surface area contributed by atoms with E-state index in [4.69, 9.17) is 14.2 Å². The molecule has 0 radical (unpaired) electrons. The highest BCUT2D eigenvalue weighted by molar-refractivity contribution is 5.38. The van der Waals surface area contributed by atoms with Crippen LogP contribution in [0.5, 0.6) is 5.88 Å². The van der Waals surface area contributed by atoms with E-state index in [-0.39, 0.29) is 18.3 Å². The van der Waals surface area contributed by atoms with Crippen LogP contribution in [0.4, 0.5) is 5.82 Å². The Kier molecular flexibility index (Phi) is 4.55. The van der Waals surface area contributed by atoms with Crippen molar-refractivity contribution in [2.24, 2.45) is 0 Å². The number of anilines is 1. The van der Waals surface area contributed by atoms with Crippen LogP contribution in [0.15, 0.2) is 12.4 Å². The van der Waals surface area contributed by atoms with Gasteiger partial charge < -0.3 is 19.1 Å². The molecule has 0 bridgehead atoms. The lowest BCUT2D eigenvalue weighted by Gasteiger charge is -2.35. The zero-order valence-corrected chi connectivity index (χ0v) is 12.7. The molecule has 0 aliphatic carbocycles. The Morgan fingerprint density at radius 3 is 2.86 bits per heavy atom. The van der Waals surface area contributed by atoms with E-state index in [1.807, 2.05) is 13.8 Å². The van der Waals surface area contributed by atoms with Crippen molar-refractivity contribution in [3.05, 3.63) is 12.4 Å². The van der Waals surface area contributed by atoms with Crippen molar-refractivity contribution in [2.45, 2.75) is 45.0 Å². The van der Waals surface area contributed by atoms with Gasteiger partial charge in [0.2, 0.25) is 5.88 Å². The Bertz CT molecular complexity index is 463. The summed E-state index contributed by atoms with van der Waals surface area (Å²) in [6.45, 7) is 7.13. The minimum Gasteiger partial charge on any atom is -0.474 e. The number of hydrogen-bond acceptors (Lipinski definition) is 6. The molecule has 2 aliphatic rings. The highest BCUT2D eigenvalue weighted by Gasteiger charge is 2.31. The lowest BCUT2D eigenvalue weighted by atomic mass is 10.1. The highest BCUT2D eigenvalue weighted by Crippen LogP contribution is 2.24. The maximum Gasteiger partial charge on any atom is 0.234 e. The first-order valence-electron chi connectivity index (χ1n) is 7.69. The van der Waals surface area contributed by atoms with E-state index in [0.29, 0.717) is 12.5 Å². The standard InChI is InChI=1S/C15H23N3O3/c1-11(2)21-15-9-16-8-14(17-15)18-5-7-20-13(10-18)12-4-3-6-19-12/h8-9,11-13H,3-7,10H2,1-2H3. The number of nitrogens with zero attached hydrogens (tertiary/aromatic N) is 3. The van der Waals surface area contributed by atoms with Crippen molar-refractivity contribution in [3.63, 3.8) is 0 Å². The van der Waals surface area contributed by atoms with Gasteiger partial charge in [0.1, 0.15) is 6.10 Å². The SMILES string of the molecule is CC(C)Oc1cncc(N2CCOC(C3CCCO3)C2)n1. The van der Waals surface area contributed by atoms with Gasteiger partial charge in [-0.2, -0.15) is 4.98 Å². The molecular formula is C15H23N3O3. The largest absolute Gasteiger partial charge is 0.474 e. The number of aromatic nitrogens is 2. The molecule has 21 heavy (non-hydrogen) atoms. The topological polar surface area (TPSA) is 56.7 Å². The molecule has 0 saturated carbocycles. The summed E-state index contributed by atoms with van der Waals surface area (Å²) in [6, 6.07) is 0. The monoisotopic (exact) mass is 293 g/mol. The van der Waals surface area contributed by atoms with Crippen LogP contribution >= 0.6 is 0 Å². The zero-order valence-electron chi connectivity index (χ0n) is 12.7. The van der Waals surface area contributed by atoms with Crippen LogP contribution in [0.3, 0.4) is 0 Å². The first-order chi connectivity index (χ1) is 10.2. The van der Waals surface area contributed by atoms with E-state index in [1.54, 1.807) is 12.4 Å². The van der Waals surface area contributed by atoms with Crippen LogP contribution in [-0.2, 0) is 9.47 Å². The van der Waals surface area contributed by atoms with Gasteiger partial charge in [0.05, 0.1) is 31.2 Å². The second kappa shape index (κ2) is 6.58. The van der Waals surface area contributed by atoms with Crippen molar-refractivity contribution >= 4 is 5.82 Å². The summed E-state index contributed by atoms with van der Waals surface area (Å²) in [4.78, 5) is 11.0. The summed E-state index contributed by atoms with van der Waals surface area (Å²) >= 11 is 0. The maximum atomic E-state index is 5.86. The lowest BCUT2D eigenvalue weighted by molar-refractivity contribution is -0.0544. The predicted octanol–water partition coefficient (Wildman–Crippen LogP) is 1.65. The van der Waals surface area contributed by atoms with Crippen LogP contribution in [0.25, 0.3) is 0 Å². The quantitative estimate of drug-likeness (QED) is 0.841. The van der Waals surface area contributed by atoms with Gasteiger partial charge in [-0.25, -0.2) is 0 Å². The van der Waals surface area contributed by atoms with Crippen LogP contribution in [0, 0.1) is 0 Å². The zero-order chi connectivity index (χ0) is 14.7. The van der Waals surface area contributed by atoms with Gasteiger partial charge in [-0.05, 0) is 26.7 Å². The van der Waals surface area contributed by atoms with Crippen LogP contribution in [-0.4, -0.2) is 54.6 Å². The Labute approximate surface area is 125 Å². The fourth-order valence-corrected chi connectivity index (χ4v) is 2.79. The number of rotatable bonds is 4. The minimum absolute atomic E-state index is 0.0962. The molecule has 1 aromatic heterocycles. The minimum atomic E-state index is 0.0962. The fraction of sp³-hybridized carbons (Fsp3) is 0.733. The van der Waals surface area contributed by atoms with Gasteiger partial charge in [0, 0.05) is 19.7 Å². The maximum absolute atomic E-state index is 5.86. The van der Waals surface area contributed by atoms with E-state index in [2.05, 4.69) is 14.9 Å². The molecule has 6 heteroatoms. The molecular weight excluding hydrogens is 270 g/mol. The normalized spacial score (nSPS) is 26.3. The van der Waals surface area contributed by atoms with Crippen molar-refractivity contribution in [2.75, 3.05) is 31.2 Å². The Hall–Kier alpha value is -1.40. The second-order valence-electron chi connectivity index (χ2n) is 5.79. The van der Waals surface area contributed by atoms with Crippen LogP contribution in [0.1, 0.15) is 26.7 Å². The van der Waals surface area contributed by atoms with E-state index in [9.17, 15) is 0 Å². The molecule has 0 spiro atoms. The Morgan fingerprint density at radius 2 is 2.10 bits per heavy atom. The molecule has 3 rings (SSSR count). The van der Waals surface area contributed by atoms with Gasteiger partial charge >= 0.3 is 0 Å². The number of hydrogen-bond donors (Lipinski definition) is 0. The predicted molar refractivity (Wildman–Crippen MR) is 78.7 cm³/mol. The molecule has 6 nitrogen and oxygen atoms in total. The molecule has 0 amide bonds. The third-order valence-electron chi connectivity index (χ3n) is 3.75. The van der Waals surface area contributed by atoms with Crippen molar-refractivity contribution in [3.8, 4) is 5.88 Å².